The monoisotopic (exact) mass is 240 g/mol. The third-order valence-corrected chi connectivity index (χ3v) is 3.18. The molecule has 1 N–H and O–H groups in total. The number of piperidine rings is 1. The van der Waals surface area contributed by atoms with Crippen molar-refractivity contribution in [2.45, 2.75) is 31.9 Å². The highest BCUT2D eigenvalue weighted by molar-refractivity contribution is 5.55. The quantitative estimate of drug-likeness (QED) is 0.607. The van der Waals surface area contributed by atoms with Gasteiger partial charge in [0.2, 0.25) is 12.1 Å². The van der Waals surface area contributed by atoms with Crippen molar-refractivity contribution in [3.05, 3.63) is 16.4 Å². The number of hydrogen-bond donors (Lipinski definition) is 1. The van der Waals surface area contributed by atoms with Gasteiger partial charge in [-0.25, -0.2) is 0 Å². The summed E-state index contributed by atoms with van der Waals surface area (Å²) in [6.07, 6.45) is 2.40. The number of imidazole rings is 1. The molecule has 2 atom stereocenters. The number of rotatable bonds is 2. The van der Waals surface area contributed by atoms with Crippen LogP contribution in [0.2, 0.25) is 0 Å². The van der Waals surface area contributed by atoms with Gasteiger partial charge in [-0.3, -0.25) is 4.57 Å². The molecular formula is C10H16N4O3. The summed E-state index contributed by atoms with van der Waals surface area (Å²) in [5.41, 5.74) is 0. The molecule has 7 heteroatoms. The molecule has 17 heavy (non-hydrogen) atoms. The van der Waals surface area contributed by atoms with Gasteiger partial charge in [0, 0.05) is 19.6 Å². The second kappa shape index (κ2) is 4.33. The maximum Gasteiger partial charge on any atom is 0.406 e. The van der Waals surface area contributed by atoms with Gasteiger partial charge in [-0.2, -0.15) is 0 Å². The minimum atomic E-state index is -0.465. The maximum absolute atomic E-state index is 10.9. The van der Waals surface area contributed by atoms with Crippen molar-refractivity contribution in [3.63, 3.8) is 0 Å². The van der Waals surface area contributed by atoms with Crippen LogP contribution in [0, 0.1) is 10.1 Å². The first-order valence-electron chi connectivity index (χ1n) is 5.61. The van der Waals surface area contributed by atoms with Crippen LogP contribution in [0.5, 0.6) is 0 Å². The van der Waals surface area contributed by atoms with Gasteiger partial charge in [-0.15, -0.1) is 0 Å². The third-order valence-electron chi connectivity index (χ3n) is 3.18. The van der Waals surface area contributed by atoms with Crippen LogP contribution in [0.3, 0.4) is 0 Å². The van der Waals surface area contributed by atoms with Gasteiger partial charge < -0.3 is 20.1 Å². The van der Waals surface area contributed by atoms with E-state index in [-0.39, 0.29) is 18.0 Å². The highest BCUT2D eigenvalue weighted by Gasteiger charge is 2.32. The molecule has 7 nitrogen and oxygen atoms in total. The van der Waals surface area contributed by atoms with Crippen LogP contribution in [-0.2, 0) is 7.05 Å². The number of anilines is 1. The molecule has 2 rings (SSSR count). The predicted octanol–water partition coefficient (Wildman–Crippen LogP) is 0.678. The fourth-order valence-corrected chi connectivity index (χ4v) is 2.33. The molecule has 94 valence electrons. The number of aliphatic hydroxyl groups is 1. The molecular weight excluding hydrogens is 224 g/mol. The zero-order chi connectivity index (χ0) is 12.6. The van der Waals surface area contributed by atoms with Gasteiger partial charge >= 0.3 is 5.82 Å². The van der Waals surface area contributed by atoms with Crippen LogP contribution in [0.25, 0.3) is 0 Å². The van der Waals surface area contributed by atoms with Crippen molar-refractivity contribution >= 4 is 11.6 Å². The number of aryl methyl sites for hydroxylation is 1. The predicted molar refractivity (Wildman–Crippen MR) is 61.9 cm³/mol. The van der Waals surface area contributed by atoms with Crippen LogP contribution in [0.1, 0.15) is 19.8 Å². The van der Waals surface area contributed by atoms with Crippen LogP contribution in [0.15, 0.2) is 6.33 Å². The van der Waals surface area contributed by atoms with Gasteiger partial charge in [0.25, 0.3) is 0 Å². The van der Waals surface area contributed by atoms with E-state index in [9.17, 15) is 15.2 Å². The maximum atomic E-state index is 10.9. The number of aromatic nitrogens is 2. The van der Waals surface area contributed by atoms with E-state index in [2.05, 4.69) is 4.98 Å². The minimum Gasteiger partial charge on any atom is -0.393 e. The van der Waals surface area contributed by atoms with Crippen molar-refractivity contribution in [2.24, 2.45) is 7.05 Å². The summed E-state index contributed by atoms with van der Waals surface area (Å²) >= 11 is 0. The summed E-state index contributed by atoms with van der Waals surface area (Å²) in [5.74, 6) is 0.408. The van der Waals surface area contributed by atoms with Gasteiger partial charge in [0.05, 0.1) is 6.10 Å². The molecule has 0 bridgehead atoms. The zero-order valence-electron chi connectivity index (χ0n) is 9.91. The highest BCUT2D eigenvalue weighted by atomic mass is 16.6. The minimum absolute atomic E-state index is 0.0767. The first-order valence-corrected chi connectivity index (χ1v) is 5.61. The standard InChI is InChI=1S/C10H16N4O3/c1-7-5-8(15)3-4-13(7)10-9(14(16)17)11-6-12(10)2/h6-8,15H,3-5H2,1-2H3/t7-,8-/m1/s1. The molecule has 1 saturated heterocycles. The normalized spacial score (nSPS) is 25.0. The second-order valence-corrected chi connectivity index (χ2v) is 4.48. The summed E-state index contributed by atoms with van der Waals surface area (Å²) in [4.78, 5) is 16.2. The SMILES string of the molecule is C[C@@H]1C[C@H](O)CCN1c1c([N+](=O)[O-])ncn1C. The Labute approximate surface area is 98.8 Å². The van der Waals surface area contributed by atoms with E-state index in [1.54, 1.807) is 11.6 Å². The molecule has 0 spiro atoms. The van der Waals surface area contributed by atoms with E-state index in [0.29, 0.717) is 25.2 Å². The van der Waals surface area contributed by atoms with Crippen LogP contribution >= 0.6 is 0 Å². The Morgan fingerprint density at radius 3 is 2.94 bits per heavy atom. The Kier molecular flexibility index (Phi) is 3.01. The Hall–Kier alpha value is -1.63. The van der Waals surface area contributed by atoms with Crippen molar-refractivity contribution in [1.82, 2.24) is 9.55 Å². The topological polar surface area (TPSA) is 84.4 Å². The van der Waals surface area contributed by atoms with Crippen LogP contribution < -0.4 is 4.90 Å². The molecule has 0 aromatic carbocycles. The van der Waals surface area contributed by atoms with Crippen molar-refractivity contribution < 1.29 is 10.0 Å². The molecule has 1 fully saturated rings. The van der Waals surface area contributed by atoms with Gasteiger partial charge in [-0.1, -0.05) is 0 Å². The van der Waals surface area contributed by atoms with E-state index >= 15 is 0 Å². The fraction of sp³-hybridized carbons (Fsp3) is 0.700. The summed E-state index contributed by atoms with van der Waals surface area (Å²) < 4.78 is 1.66. The Bertz CT molecular complexity index is 431. The molecule has 0 saturated carbocycles. The number of nitrogens with zero attached hydrogens (tertiary/aromatic N) is 4. The molecule has 1 aromatic rings. The van der Waals surface area contributed by atoms with Crippen molar-refractivity contribution in [1.29, 1.82) is 0 Å². The Morgan fingerprint density at radius 2 is 2.35 bits per heavy atom. The van der Waals surface area contributed by atoms with Gasteiger partial charge in [0.1, 0.15) is 0 Å². The summed E-state index contributed by atoms with van der Waals surface area (Å²) in [6.45, 7) is 2.57. The van der Waals surface area contributed by atoms with Gasteiger partial charge in [0.15, 0.2) is 0 Å². The summed E-state index contributed by atoms with van der Waals surface area (Å²) in [7, 11) is 1.74. The van der Waals surface area contributed by atoms with Gasteiger partial charge in [-0.05, 0) is 29.7 Å². The molecule has 1 aliphatic heterocycles. The molecule has 1 aromatic heterocycles. The van der Waals surface area contributed by atoms with E-state index in [1.165, 1.54) is 6.33 Å². The zero-order valence-corrected chi connectivity index (χ0v) is 9.91. The summed E-state index contributed by atoms with van der Waals surface area (Å²) in [5, 5.41) is 20.5. The Morgan fingerprint density at radius 1 is 1.65 bits per heavy atom. The van der Waals surface area contributed by atoms with E-state index in [4.69, 9.17) is 0 Å². The molecule has 0 aliphatic carbocycles. The summed E-state index contributed by atoms with van der Waals surface area (Å²) in [6, 6.07) is 0.0767. The van der Waals surface area contributed by atoms with Crippen molar-refractivity contribution in [3.8, 4) is 0 Å². The number of hydrogen-bond acceptors (Lipinski definition) is 5. The number of nitro groups is 1. The lowest BCUT2D eigenvalue weighted by molar-refractivity contribution is -0.388. The van der Waals surface area contributed by atoms with E-state index in [0.717, 1.165) is 0 Å². The number of aliphatic hydroxyl groups excluding tert-OH is 1. The van der Waals surface area contributed by atoms with E-state index in [1.807, 2.05) is 11.8 Å². The van der Waals surface area contributed by atoms with Crippen molar-refractivity contribution in [2.75, 3.05) is 11.4 Å². The largest absolute Gasteiger partial charge is 0.406 e. The first kappa shape index (κ1) is 11.8. The highest BCUT2D eigenvalue weighted by Crippen LogP contribution is 2.31. The molecule has 0 radical (unpaired) electrons. The first-order chi connectivity index (χ1) is 8.00. The smallest absolute Gasteiger partial charge is 0.393 e. The molecule has 1 aliphatic rings. The third kappa shape index (κ3) is 2.10. The second-order valence-electron chi connectivity index (χ2n) is 4.48. The lowest BCUT2D eigenvalue weighted by atomic mass is 10.0. The average molecular weight is 240 g/mol. The Balaban J connectivity index is 2.33. The average Bonchev–Trinajstić information content (AvgIpc) is 2.60. The lowest BCUT2D eigenvalue weighted by Gasteiger charge is -2.36. The molecule has 0 unspecified atom stereocenters. The fourth-order valence-electron chi connectivity index (χ4n) is 2.33. The molecule has 2 heterocycles. The van der Waals surface area contributed by atoms with Crippen LogP contribution in [-0.4, -0.2) is 38.3 Å². The van der Waals surface area contributed by atoms with Crippen LogP contribution in [0.4, 0.5) is 11.6 Å². The molecule has 0 amide bonds. The lowest BCUT2D eigenvalue weighted by Crippen LogP contribution is -2.43. The van der Waals surface area contributed by atoms with E-state index < -0.39 is 4.92 Å².